The number of aliphatic hydroxyl groups is 1. The van der Waals surface area contributed by atoms with Crippen molar-refractivity contribution in [2.24, 2.45) is 0 Å². The molecule has 1 heterocycles. The van der Waals surface area contributed by atoms with Crippen LogP contribution in [0.2, 0.25) is 0 Å². The molecule has 0 fully saturated rings. The maximum atomic E-state index is 11.9. The maximum absolute atomic E-state index is 11.9. The number of nitrogens with zero attached hydrogens (tertiary/aromatic N) is 1. The van der Waals surface area contributed by atoms with Gasteiger partial charge in [-0.25, -0.2) is 9.78 Å². The minimum atomic E-state index is -0.444. The molecular weight excluding hydrogens is 254 g/mol. The van der Waals surface area contributed by atoms with Gasteiger partial charge in [-0.15, -0.1) is 0 Å². The lowest BCUT2D eigenvalue weighted by Gasteiger charge is -2.17. The third-order valence-corrected chi connectivity index (χ3v) is 2.85. The zero-order valence-electron chi connectivity index (χ0n) is 11.2. The Morgan fingerprint density at radius 3 is 2.70 bits per heavy atom. The SMILES string of the molecule is Cc1ccnc(NC(=O)N[C@H](CO)c2ccccc2)c1. The fourth-order valence-corrected chi connectivity index (χ4v) is 1.83. The summed E-state index contributed by atoms with van der Waals surface area (Å²) in [6.45, 7) is 1.75. The molecule has 0 unspecified atom stereocenters. The van der Waals surface area contributed by atoms with E-state index in [9.17, 15) is 9.90 Å². The molecule has 1 atom stereocenters. The third-order valence-electron chi connectivity index (χ3n) is 2.85. The number of pyridine rings is 1. The molecule has 20 heavy (non-hydrogen) atoms. The number of aromatic nitrogens is 1. The van der Waals surface area contributed by atoms with Crippen LogP contribution < -0.4 is 10.6 Å². The number of amides is 2. The van der Waals surface area contributed by atoms with Gasteiger partial charge in [-0.1, -0.05) is 30.3 Å². The third kappa shape index (κ3) is 3.80. The van der Waals surface area contributed by atoms with Crippen molar-refractivity contribution in [3.63, 3.8) is 0 Å². The highest BCUT2D eigenvalue weighted by Crippen LogP contribution is 2.12. The Bertz CT molecular complexity index is 572. The van der Waals surface area contributed by atoms with E-state index < -0.39 is 12.1 Å². The van der Waals surface area contributed by atoms with E-state index in [1.54, 1.807) is 12.3 Å². The van der Waals surface area contributed by atoms with Crippen molar-refractivity contribution in [3.8, 4) is 0 Å². The fraction of sp³-hybridized carbons (Fsp3) is 0.200. The van der Waals surface area contributed by atoms with Gasteiger partial charge in [-0.05, 0) is 30.2 Å². The van der Waals surface area contributed by atoms with Crippen molar-refractivity contribution >= 4 is 11.8 Å². The Labute approximate surface area is 117 Å². The number of aryl methyl sites for hydroxylation is 1. The Morgan fingerprint density at radius 2 is 2.05 bits per heavy atom. The van der Waals surface area contributed by atoms with Gasteiger partial charge in [0, 0.05) is 6.20 Å². The molecule has 2 rings (SSSR count). The molecule has 2 amide bonds. The second-order valence-electron chi connectivity index (χ2n) is 4.46. The van der Waals surface area contributed by atoms with Crippen LogP contribution in [0, 0.1) is 6.92 Å². The van der Waals surface area contributed by atoms with Gasteiger partial charge in [0.15, 0.2) is 0 Å². The molecule has 2 aromatic rings. The van der Waals surface area contributed by atoms with Crippen molar-refractivity contribution in [1.82, 2.24) is 10.3 Å². The van der Waals surface area contributed by atoms with Crippen LogP contribution in [0.25, 0.3) is 0 Å². The quantitative estimate of drug-likeness (QED) is 0.798. The minimum Gasteiger partial charge on any atom is -0.394 e. The van der Waals surface area contributed by atoms with Gasteiger partial charge < -0.3 is 10.4 Å². The molecule has 0 aliphatic heterocycles. The van der Waals surface area contributed by atoms with E-state index in [4.69, 9.17) is 0 Å². The summed E-state index contributed by atoms with van der Waals surface area (Å²) in [4.78, 5) is 15.9. The number of rotatable bonds is 4. The van der Waals surface area contributed by atoms with Crippen LogP contribution in [0.1, 0.15) is 17.2 Å². The first kappa shape index (κ1) is 14.0. The van der Waals surface area contributed by atoms with Crippen LogP contribution in [-0.4, -0.2) is 22.7 Å². The molecule has 0 aliphatic carbocycles. The molecule has 0 aliphatic rings. The zero-order valence-corrected chi connectivity index (χ0v) is 11.2. The van der Waals surface area contributed by atoms with E-state index in [0.29, 0.717) is 5.82 Å². The summed E-state index contributed by atoms with van der Waals surface area (Å²) in [5.74, 6) is 0.479. The summed E-state index contributed by atoms with van der Waals surface area (Å²) in [5, 5.41) is 14.7. The topological polar surface area (TPSA) is 74.2 Å². The second-order valence-corrected chi connectivity index (χ2v) is 4.46. The van der Waals surface area contributed by atoms with E-state index in [-0.39, 0.29) is 6.61 Å². The summed E-state index contributed by atoms with van der Waals surface area (Å²) in [6.07, 6.45) is 1.63. The van der Waals surface area contributed by atoms with Crippen LogP contribution in [-0.2, 0) is 0 Å². The number of anilines is 1. The molecular formula is C15H17N3O2. The lowest BCUT2D eigenvalue weighted by Crippen LogP contribution is -2.34. The smallest absolute Gasteiger partial charge is 0.320 e. The van der Waals surface area contributed by atoms with Gasteiger partial charge in [0.25, 0.3) is 0 Å². The van der Waals surface area contributed by atoms with Crippen LogP contribution in [0.4, 0.5) is 10.6 Å². The standard InChI is InChI=1S/C15H17N3O2/c1-11-7-8-16-14(9-11)18-15(20)17-13(10-19)12-5-3-2-4-6-12/h2-9,13,19H,10H2,1H3,(H2,16,17,18,20)/t13-/m1/s1. The van der Waals surface area contributed by atoms with Gasteiger partial charge in [0.2, 0.25) is 0 Å². The van der Waals surface area contributed by atoms with E-state index in [2.05, 4.69) is 15.6 Å². The molecule has 0 spiro atoms. The number of aliphatic hydroxyl groups excluding tert-OH is 1. The number of hydrogen-bond donors (Lipinski definition) is 3. The number of benzene rings is 1. The fourth-order valence-electron chi connectivity index (χ4n) is 1.83. The molecule has 5 heteroatoms. The van der Waals surface area contributed by atoms with E-state index >= 15 is 0 Å². The second kappa shape index (κ2) is 6.68. The molecule has 0 saturated carbocycles. The maximum Gasteiger partial charge on any atom is 0.320 e. The minimum absolute atomic E-state index is 0.168. The first-order valence-electron chi connectivity index (χ1n) is 6.35. The van der Waals surface area contributed by atoms with Gasteiger partial charge in [-0.3, -0.25) is 5.32 Å². The lowest BCUT2D eigenvalue weighted by atomic mass is 10.1. The molecule has 0 radical (unpaired) electrons. The molecule has 1 aromatic carbocycles. The average molecular weight is 271 g/mol. The molecule has 0 bridgehead atoms. The number of urea groups is 1. The van der Waals surface area contributed by atoms with Gasteiger partial charge in [-0.2, -0.15) is 0 Å². The summed E-state index contributed by atoms with van der Waals surface area (Å²) < 4.78 is 0. The number of nitrogens with one attached hydrogen (secondary N) is 2. The molecule has 3 N–H and O–H groups in total. The van der Waals surface area contributed by atoms with Crippen LogP contribution in [0.15, 0.2) is 48.7 Å². The van der Waals surface area contributed by atoms with Gasteiger partial charge >= 0.3 is 6.03 Å². The first-order chi connectivity index (χ1) is 9.69. The van der Waals surface area contributed by atoms with Crippen molar-refractivity contribution in [2.45, 2.75) is 13.0 Å². The Balaban J connectivity index is 2.00. The largest absolute Gasteiger partial charge is 0.394 e. The zero-order chi connectivity index (χ0) is 14.4. The molecule has 0 saturated heterocycles. The normalized spacial score (nSPS) is 11.7. The molecule has 104 valence electrons. The average Bonchev–Trinajstić information content (AvgIpc) is 2.45. The summed E-state index contributed by atoms with van der Waals surface area (Å²) in [5.41, 5.74) is 1.86. The van der Waals surface area contributed by atoms with Gasteiger partial charge in [0.1, 0.15) is 5.82 Å². The molecule has 1 aromatic heterocycles. The van der Waals surface area contributed by atoms with Gasteiger partial charge in [0.05, 0.1) is 12.6 Å². The van der Waals surface area contributed by atoms with E-state index in [1.165, 1.54) is 0 Å². The Kier molecular flexibility index (Phi) is 4.68. The number of carbonyl (C=O) groups excluding carboxylic acids is 1. The Hall–Kier alpha value is -2.40. The Morgan fingerprint density at radius 1 is 1.30 bits per heavy atom. The highest BCUT2D eigenvalue weighted by molar-refractivity contribution is 5.88. The summed E-state index contributed by atoms with van der Waals surface area (Å²) in [6, 6.07) is 12.1. The highest BCUT2D eigenvalue weighted by atomic mass is 16.3. The number of carbonyl (C=O) groups is 1. The predicted molar refractivity (Wildman–Crippen MR) is 77.4 cm³/mol. The van der Waals surface area contributed by atoms with Crippen molar-refractivity contribution in [3.05, 3.63) is 59.8 Å². The van der Waals surface area contributed by atoms with Crippen LogP contribution >= 0.6 is 0 Å². The molecule has 5 nitrogen and oxygen atoms in total. The van der Waals surface area contributed by atoms with Crippen molar-refractivity contribution < 1.29 is 9.90 Å². The van der Waals surface area contributed by atoms with E-state index in [0.717, 1.165) is 11.1 Å². The monoisotopic (exact) mass is 271 g/mol. The van der Waals surface area contributed by atoms with E-state index in [1.807, 2.05) is 43.3 Å². The first-order valence-corrected chi connectivity index (χ1v) is 6.35. The highest BCUT2D eigenvalue weighted by Gasteiger charge is 2.13. The summed E-state index contributed by atoms with van der Waals surface area (Å²) >= 11 is 0. The van der Waals surface area contributed by atoms with Crippen molar-refractivity contribution in [2.75, 3.05) is 11.9 Å². The lowest BCUT2D eigenvalue weighted by molar-refractivity contribution is 0.225. The van der Waals surface area contributed by atoms with Crippen molar-refractivity contribution in [1.29, 1.82) is 0 Å². The summed E-state index contributed by atoms with van der Waals surface area (Å²) in [7, 11) is 0. The van der Waals surface area contributed by atoms with Crippen LogP contribution in [0.5, 0.6) is 0 Å². The van der Waals surface area contributed by atoms with Crippen LogP contribution in [0.3, 0.4) is 0 Å². The number of hydrogen-bond acceptors (Lipinski definition) is 3. The predicted octanol–water partition coefficient (Wildman–Crippen LogP) is 2.25.